The van der Waals surface area contributed by atoms with Crippen molar-refractivity contribution in [3.8, 4) is 5.75 Å². The minimum absolute atomic E-state index is 0.00419. The third-order valence-corrected chi connectivity index (χ3v) is 5.28. The van der Waals surface area contributed by atoms with E-state index in [1.807, 2.05) is 0 Å². The number of ether oxygens (including phenoxy) is 1. The van der Waals surface area contributed by atoms with Crippen LogP contribution >= 0.6 is 0 Å². The Hall–Kier alpha value is -1.64. The van der Waals surface area contributed by atoms with E-state index >= 15 is 0 Å². The Bertz CT molecular complexity index is 598. The second kappa shape index (κ2) is 11.2. The fourth-order valence-corrected chi connectivity index (χ4v) is 3.73. The van der Waals surface area contributed by atoms with Gasteiger partial charge in [-0.25, -0.2) is 4.39 Å². The summed E-state index contributed by atoms with van der Waals surface area (Å²) < 4.78 is 33.0. The zero-order valence-corrected chi connectivity index (χ0v) is 16.1. The average molecular weight is 363 g/mol. The van der Waals surface area contributed by atoms with E-state index in [4.69, 9.17) is 4.74 Å². The lowest BCUT2D eigenvalue weighted by molar-refractivity contribution is 0.297. The maximum atomic E-state index is 14.1. The number of aryl methyl sites for hydroxylation is 1. The number of rotatable bonds is 9. The van der Waals surface area contributed by atoms with Crippen LogP contribution in [0.4, 0.5) is 8.78 Å². The third kappa shape index (κ3) is 6.26. The van der Waals surface area contributed by atoms with Gasteiger partial charge in [0.15, 0.2) is 11.6 Å². The smallest absolute Gasteiger partial charge is 0.200 e. The largest absolute Gasteiger partial charge is 0.491 e. The first-order chi connectivity index (χ1) is 12.7. The maximum Gasteiger partial charge on any atom is 0.200 e. The molecule has 0 atom stereocenters. The van der Waals surface area contributed by atoms with Gasteiger partial charge in [0, 0.05) is 0 Å². The summed E-state index contributed by atoms with van der Waals surface area (Å²) in [6.45, 7) is 4.16. The molecule has 144 valence electrons. The van der Waals surface area contributed by atoms with E-state index in [1.54, 1.807) is 13.0 Å². The van der Waals surface area contributed by atoms with Crippen LogP contribution in [0.15, 0.2) is 36.4 Å². The Morgan fingerprint density at radius 2 is 1.81 bits per heavy atom. The van der Waals surface area contributed by atoms with Gasteiger partial charge in [0.05, 0.1) is 6.61 Å². The summed E-state index contributed by atoms with van der Waals surface area (Å²) in [5.41, 5.74) is 0.420. The Balaban J connectivity index is 1.74. The minimum atomic E-state index is -0.871. The van der Waals surface area contributed by atoms with E-state index < -0.39 is 11.6 Å². The topological polar surface area (TPSA) is 9.23 Å². The minimum Gasteiger partial charge on any atom is -0.491 e. The van der Waals surface area contributed by atoms with Crippen molar-refractivity contribution in [1.82, 2.24) is 0 Å². The van der Waals surface area contributed by atoms with Crippen LogP contribution in [-0.2, 0) is 6.42 Å². The number of hydrogen-bond acceptors (Lipinski definition) is 1. The first kappa shape index (κ1) is 20.7. The van der Waals surface area contributed by atoms with Crippen LogP contribution < -0.4 is 4.74 Å². The van der Waals surface area contributed by atoms with Crippen molar-refractivity contribution >= 4 is 0 Å². The quantitative estimate of drug-likeness (QED) is 0.429. The highest BCUT2D eigenvalue weighted by Gasteiger charge is 2.18. The average Bonchev–Trinajstić information content (AvgIpc) is 2.65. The molecule has 0 aromatic heterocycles. The molecule has 1 aliphatic carbocycles. The Kier molecular flexibility index (Phi) is 8.87. The van der Waals surface area contributed by atoms with E-state index in [0.717, 1.165) is 12.3 Å². The van der Waals surface area contributed by atoms with Crippen molar-refractivity contribution < 1.29 is 13.5 Å². The first-order valence-corrected chi connectivity index (χ1v) is 10.0. The summed E-state index contributed by atoms with van der Waals surface area (Å²) in [4.78, 5) is 0. The zero-order chi connectivity index (χ0) is 18.8. The molecule has 0 amide bonds. The lowest BCUT2D eigenvalue weighted by Crippen LogP contribution is -2.12. The van der Waals surface area contributed by atoms with Crippen molar-refractivity contribution in [2.45, 2.75) is 65.2 Å². The van der Waals surface area contributed by atoms with Crippen LogP contribution in [0, 0.1) is 23.5 Å². The molecule has 0 N–H and O–H groups in total. The molecule has 0 heterocycles. The van der Waals surface area contributed by atoms with Gasteiger partial charge in [0.25, 0.3) is 0 Å². The summed E-state index contributed by atoms with van der Waals surface area (Å²) in [5, 5.41) is 0. The van der Waals surface area contributed by atoms with Crippen LogP contribution in [-0.4, -0.2) is 6.61 Å². The monoisotopic (exact) mass is 362 g/mol. The molecule has 0 radical (unpaired) electrons. The predicted octanol–water partition coefficient (Wildman–Crippen LogP) is 7.02. The normalized spacial score (nSPS) is 20.9. The van der Waals surface area contributed by atoms with Gasteiger partial charge >= 0.3 is 0 Å². The van der Waals surface area contributed by atoms with Gasteiger partial charge in [0.1, 0.15) is 0 Å². The number of allylic oxidation sites excluding steroid dienone is 4. The molecule has 1 aromatic rings. The molecule has 1 fully saturated rings. The van der Waals surface area contributed by atoms with Crippen molar-refractivity contribution in [2.24, 2.45) is 11.8 Å². The van der Waals surface area contributed by atoms with Crippen molar-refractivity contribution in [1.29, 1.82) is 0 Å². The van der Waals surface area contributed by atoms with E-state index in [-0.39, 0.29) is 5.75 Å². The van der Waals surface area contributed by atoms with Crippen LogP contribution in [0.5, 0.6) is 5.75 Å². The summed E-state index contributed by atoms with van der Waals surface area (Å²) >= 11 is 0. The lowest BCUT2D eigenvalue weighted by Gasteiger charge is -2.26. The maximum absolute atomic E-state index is 14.1. The molecule has 0 bridgehead atoms. The SMILES string of the molecule is C/C=C/CCC1CCC(/C=C/CCc2ccc(OCC)c(F)c2F)CC1. The molecule has 0 unspecified atom stereocenters. The van der Waals surface area contributed by atoms with Gasteiger partial charge in [-0.05, 0) is 88.7 Å². The molecule has 2 rings (SSSR count). The Morgan fingerprint density at radius 3 is 2.50 bits per heavy atom. The van der Waals surface area contributed by atoms with Crippen LogP contribution in [0.3, 0.4) is 0 Å². The summed E-state index contributed by atoms with van der Waals surface area (Å²) in [7, 11) is 0. The van der Waals surface area contributed by atoms with Gasteiger partial charge in [-0.3, -0.25) is 0 Å². The van der Waals surface area contributed by atoms with Gasteiger partial charge < -0.3 is 4.74 Å². The van der Waals surface area contributed by atoms with E-state index in [0.29, 0.717) is 24.5 Å². The highest BCUT2D eigenvalue weighted by atomic mass is 19.2. The third-order valence-electron chi connectivity index (χ3n) is 5.28. The van der Waals surface area contributed by atoms with Crippen LogP contribution in [0.1, 0.15) is 64.4 Å². The molecular weight excluding hydrogens is 330 g/mol. The molecule has 1 saturated carbocycles. The van der Waals surface area contributed by atoms with Crippen molar-refractivity contribution in [2.75, 3.05) is 6.61 Å². The molecule has 26 heavy (non-hydrogen) atoms. The molecule has 1 aromatic carbocycles. The standard InChI is InChI=1S/C23H32F2O/c1-3-5-6-9-18-12-14-19(15-13-18)10-7-8-11-20-16-17-21(26-4-2)23(25)22(20)24/h3,5,7,10,16-19H,4,6,8-9,11-15H2,1-2H3/b5-3+,10-7+. The summed E-state index contributed by atoms with van der Waals surface area (Å²) in [6.07, 6.45) is 17.7. The van der Waals surface area contributed by atoms with E-state index in [1.165, 1.54) is 44.6 Å². The van der Waals surface area contributed by atoms with E-state index in [2.05, 4.69) is 31.2 Å². The lowest BCUT2D eigenvalue weighted by atomic mass is 9.80. The first-order valence-electron chi connectivity index (χ1n) is 10.0. The van der Waals surface area contributed by atoms with Crippen LogP contribution in [0.25, 0.3) is 0 Å². The van der Waals surface area contributed by atoms with Gasteiger partial charge in [-0.2, -0.15) is 4.39 Å². The number of halogens is 2. The fraction of sp³-hybridized carbons (Fsp3) is 0.565. The molecule has 0 aliphatic heterocycles. The second-order valence-electron chi connectivity index (χ2n) is 7.18. The van der Waals surface area contributed by atoms with Gasteiger partial charge in [-0.1, -0.05) is 30.4 Å². The molecule has 1 aliphatic rings. The Labute approximate surface area is 157 Å². The number of benzene rings is 1. The van der Waals surface area contributed by atoms with E-state index in [9.17, 15) is 8.78 Å². The predicted molar refractivity (Wildman–Crippen MR) is 104 cm³/mol. The Morgan fingerprint density at radius 1 is 1.04 bits per heavy atom. The van der Waals surface area contributed by atoms with Crippen molar-refractivity contribution in [3.63, 3.8) is 0 Å². The molecule has 0 saturated heterocycles. The highest BCUT2D eigenvalue weighted by Crippen LogP contribution is 2.32. The summed E-state index contributed by atoms with van der Waals surface area (Å²) in [5.74, 6) is -0.127. The zero-order valence-electron chi connectivity index (χ0n) is 16.1. The fourth-order valence-electron chi connectivity index (χ4n) is 3.73. The molecule has 3 heteroatoms. The van der Waals surface area contributed by atoms with Gasteiger partial charge in [-0.15, -0.1) is 0 Å². The highest BCUT2D eigenvalue weighted by molar-refractivity contribution is 5.31. The second-order valence-corrected chi connectivity index (χ2v) is 7.18. The molecular formula is C23H32F2O. The molecule has 1 nitrogen and oxygen atoms in total. The molecule has 0 spiro atoms. The number of hydrogen-bond donors (Lipinski definition) is 0. The van der Waals surface area contributed by atoms with Crippen LogP contribution in [0.2, 0.25) is 0 Å². The van der Waals surface area contributed by atoms with Gasteiger partial charge in [0.2, 0.25) is 5.82 Å². The summed E-state index contributed by atoms with van der Waals surface area (Å²) in [6, 6.07) is 3.16. The van der Waals surface area contributed by atoms with Crippen molar-refractivity contribution in [3.05, 3.63) is 53.6 Å².